The van der Waals surface area contributed by atoms with Crippen LogP contribution in [0.5, 0.6) is 11.5 Å². The highest BCUT2D eigenvalue weighted by Gasteiger charge is 2.43. The van der Waals surface area contributed by atoms with E-state index < -0.39 is 11.4 Å². The van der Waals surface area contributed by atoms with Crippen molar-refractivity contribution >= 4 is 23.2 Å². The normalized spacial score (nSPS) is 18.2. The van der Waals surface area contributed by atoms with Gasteiger partial charge in [0.1, 0.15) is 12.4 Å². The van der Waals surface area contributed by atoms with Gasteiger partial charge in [-0.1, -0.05) is 12.1 Å². The van der Waals surface area contributed by atoms with Gasteiger partial charge >= 0.3 is 0 Å². The summed E-state index contributed by atoms with van der Waals surface area (Å²) < 4.78 is 26.1. The first-order valence-electron chi connectivity index (χ1n) is 13.5. The first kappa shape index (κ1) is 28.2. The van der Waals surface area contributed by atoms with E-state index >= 15 is 0 Å². The number of H-pyrrole nitrogens is 1. The highest BCUT2D eigenvalue weighted by Crippen LogP contribution is 2.42. The Morgan fingerprint density at radius 3 is 2.88 bits per heavy atom. The van der Waals surface area contributed by atoms with Crippen LogP contribution in [0.25, 0.3) is 11.3 Å². The lowest BCUT2D eigenvalue weighted by atomic mass is 9.87. The molecule has 41 heavy (non-hydrogen) atoms. The number of carbonyl (C=O) groups is 2. The number of pyridine rings is 1. The van der Waals surface area contributed by atoms with Crippen molar-refractivity contribution in [2.75, 3.05) is 52.8 Å². The minimum absolute atomic E-state index is 0.0399. The van der Waals surface area contributed by atoms with Gasteiger partial charge in [0.15, 0.2) is 11.6 Å². The van der Waals surface area contributed by atoms with E-state index in [1.807, 2.05) is 36.9 Å². The maximum absolute atomic E-state index is 14.5. The van der Waals surface area contributed by atoms with Crippen LogP contribution >= 0.6 is 0 Å². The minimum Gasteiger partial charge on any atom is -0.492 e. The number of para-hydroxylation sites is 1. The number of anilines is 2. The molecule has 0 aliphatic carbocycles. The standard InChI is InChI=1S/C30H35FN6O4/c1-30(12-16-37(30)24(38)9-6-15-36(2)3)18-41-23-17-32-13-10-19(23)26-27(25-21(34-26)11-14-33-29(25)39)35-22-8-5-7-20(31)28(22)40-4/h5-10,13,17,34-35H,11-12,14-16,18H2,1-4H3,(H,33,39)/b9-6+/t30-/m1/s1. The number of hydrogen-bond acceptors (Lipinski definition) is 7. The van der Waals surface area contributed by atoms with Crippen LogP contribution in [0.1, 0.15) is 29.4 Å². The largest absolute Gasteiger partial charge is 0.492 e. The number of nitrogens with zero attached hydrogens (tertiary/aromatic N) is 3. The van der Waals surface area contributed by atoms with Gasteiger partial charge in [-0.05, 0) is 45.6 Å². The molecular formula is C30H35FN6O4. The molecule has 5 rings (SSSR count). The summed E-state index contributed by atoms with van der Waals surface area (Å²) in [5.74, 6) is -0.274. The van der Waals surface area contributed by atoms with Crippen molar-refractivity contribution in [1.29, 1.82) is 0 Å². The first-order valence-corrected chi connectivity index (χ1v) is 13.5. The molecule has 1 fully saturated rings. The zero-order valence-corrected chi connectivity index (χ0v) is 23.7. The summed E-state index contributed by atoms with van der Waals surface area (Å²) in [6.45, 7) is 4.11. The second kappa shape index (κ2) is 11.6. The number of likely N-dealkylation sites (N-methyl/N-ethyl adjacent to an activating group) is 1. The Bertz CT molecular complexity index is 1490. The predicted molar refractivity (Wildman–Crippen MR) is 154 cm³/mol. The number of nitrogens with one attached hydrogen (secondary N) is 3. The lowest BCUT2D eigenvalue weighted by molar-refractivity contribution is -0.143. The molecule has 1 saturated heterocycles. The number of ether oxygens (including phenoxy) is 2. The molecule has 1 atom stereocenters. The molecule has 0 unspecified atom stereocenters. The van der Waals surface area contributed by atoms with Crippen molar-refractivity contribution in [3.8, 4) is 22.8 Å². The maximum Gasteiger partial charge on any atom is 0.255 e. The van der Waals surface area contributed by atoms with E-state index in [9.17, 15) is 14.0 Å². The molecular weight excluding hydrogens is 527 g/mol. The number of rotatable bonds is 10. The van der Waals surface area contributed by atoms with Crippen LogP contribution in [0.4, 0.5) is 15.8 Å². The molecule has 0 spiro atoms. The lowest BCUT2D eigenvalue weighted by Gasteiger charge is -2.49. The molecule has 11 heteroatoms. The Balaban J connectivity index is 1.45. The molecule has 10 nitrogen and oxygen atoms in total. The van der Waals surface area contributed by atoms with Gasteiger partial charge in [0.25, 0.3) is 5.91 Å². The van der Waals surface area contributed by atoms with E-state index in [1.165, 1.54) is 13.2 Å². The number of amides is 2. The predicted octanol–water partition coefficient (Wildman–Crippen LogP) is 3.74. The number of likely N-dealkylation sites (tertiary alicyclic amines) is 1. The maximum atomic E-state index is 14.5. The molecule has 2 aliphatic rings. The number of carbonyl (C=O) groups excluding carboxylic acids is 2. The van der Waals surface area contributed by atoms with Gasteiger partial charge < -0.3 is 34.9 Å². The van der Waals surface area contributed by atoms with E-state index in [0.717, 1.165) is 12.1 Å². The van der Waals surface area contributed by atoms with Gasteiger partial charge in [-0.25, -0.2) is 4.39 Å². The Hall–Kier alpha value is -4.38. The van der Waals surface area contributed by atoms with Crippen LogP contribution in [0.15, 0.2) is 48.8 Å². The molecule has 2 aliphatic heterocycles. The molecule has 4 heterocycles. The van der Waals surface area contributed by atoms with E-state index in [4.69, 9.17) is 9.47 Å². The van der Waals surface area contributed by atoms with Crippen molar-refractivity contribution in [3.63, 3.8) is 0 Å². The van der Waals surface area contributed by atoms with Gasteiger partial charge in [-0.3, -0.25) is 14.6 Å². The number of fused-ring (bicyclic) bond motifs is 1. The van der Waals surface area contributed by atoms with Crippen molar-refractivity contribution < 1.29 is 23.5 Å². The van der Waals surface area contributed by atoms with Gasteiger partial charge in [-0.15, -0.1) is 0 Å². The number of aromatic amines is 1. The van der Waals surface area contributed by atoms with E-state index in [0.29, 0.717) is 60.0 Å². The van der Waals surface area contributed by atoms with Gasteiger partial charge in [0, 0.05) is 49.6 Å². The summed E-state index contributed by atoms with van der Waals surface area (Å²) in [4.78, 5) is 37.3. The number of benzene rings is 1. The number of halogens is 1. The van der Waals surface area contributed by atoms with Gasteiger partial charge in [0.2, 0.25) is 5.91 Å². The molecule has 0 radical (unpaired) electrons. The Labute approximate surface area is 238 Å². The van der Waals surface area contributed by atoms with E-state index in [-0.39, 0.29) is 24.2 Å². The molecule has 0 saturated carbocycles. The molecule has 3 aromatic rings. The first-order chi connectivity index (χ1) is 19.7. The monoisotopic (exact) mass is 562 g/mol. The fourth-order valence-corrected chi connectivity index (χ4v) is 5.18. The summed E-state index contributed by atoms with van der Waals surface area (Å²) in [5, 5.41) is 6.13. The van der Waals surface area contributed by atoms with Gasteiger partial charge in [-0.2, -0.15) is 0 Å². The highest BCUT2D eigenvalue weighted by molar-refractivity contribution is 6.06. The summed E-state index contributed by atoms with van der Waals surface area (Å²) in [7, 11) is 5.29. The number of aromatic nitrogens is 2. The summed E-state index contributed by atoms with van der Waals surface area (Å²) in [5.41, 5.74) is 2.88. The average Bonchev–Trinajstić information content (AvgIpc) is 3.30. The molecule has 2 aromatic heterocycles. The average molecular weight is 563 g/mol. The number of methoxy groups -OCH3 is 1. The topological polar surface area (TPSA) is 112 Å². The van der Waals surface area contributed by atoms with Crippen molar-refractivity contribution in [3.05, 3.63) is 65.9 Å². The van der Waals surface area contributed by atoms with Crippen LogP contribution in [0.2, 0.25) is 0 Å². The van der Waals surface area contributed by atoms with Crippen molar-refractivity contribution in [2.24, 2.45) is 0 Å². The van der Waals surface area contributed by atoms with Crippen LogP contribution in [0, 0.1) is 5.82 Å². The SMILES string of the molecule is COc1c(F)cccc1Nc1c(-c2ccncc2OC[C@@]2(C)CCN2C(=O)/C=C/CN(C)C)[nH]c2c1C(=O)NCC2. The Morgan fingerprint density at radius 2 is 2.15 bits per heavy atom. The highest BCUT2D eigenvalue weighted by atomic mass is 19.1. The van der Waals surface area contributed by atoms with Crippen LogP contribution in [0.3, 0.4) is 0 Å². The summed E-state index contributed by atoms with van der Waals surface area (Å²) in [6, 6.07) is 6.37. The second-order valence-electron chi connectivity index (χ2n) is 10.7. The molecule has 1 aromatic carbocycles. The summed E-state index contributed by atoms with van der Waals surface area (Å²) in [6.07, 6.45) is 8.14. The Morgan fingerprint density at radius 1 is 1.32 bits per heavy atom. The zero-order valence-electron chi connectivity index (χ0n) is 23.7. The third-order valence-corrected chi connectivity index (χ3v) is 7.51. The van der Waals surface area contributed by atoms with Gasteiger partial charge in [0.05, 0.1) is 41.5 Å². The van der Waals surface area contributed by atoms with E-state index in [2.05, 4.69) is 20.6 Å². The fourth-order valence-electron chi connectivity index (χ4n) is 5.18. The third kappa shape index (κ3) is 5.62. The minimum atomic E-state index is -0.523. The smallest absolute Gasteiger partial charge is 0.255 e. The Kier molecular flexibility index (Phi) is 7.98. The molecule has 2 amide bonds. The second-order valence-corrected chi connectivity index (χ2v) is 10.7. The molecule has 0 bridgehead atoms. The number of hydrogen-bond donors (Lipinski definition) is 3. The molecule has 3 N–H and O–H groups in total. The van der Waals surface area contributed by atoms with Crippen molar-refractivity contribution in [1.82, 2.24) is 25.1 Å². The summed E-state index contributed by atoms with van der Waals surface area (Å²) >= 11 is 0. The quantitative estimate of drug-likeness (QED) is 0.323. The lowest BCUT2D eigenvalue weighted by Crippen LogP contribution is -2.62. The zero-order chi connectivity index (χ0) is 29.1. The molecule has 216 valence electrons. The fraction of sp³-hybridized carbons (Fsp3) is 0.367. The van der Waals surface area contributed by atoms with Crippen LogP contribution in [-0.4, -0.2) is 84.6 Å². The van der Waals surface area contributed by atoms with Crippen LogP contribution in [-0.2, 0) is 11.2 Å². The van der Waals surface area contributed by atoms with Crippen molar-refractivity contribution in [2.45, 2.75) is 25.3 Å². The van der Waals surface area contributed by atoms with Crippen LogP contribution < -0.4 is 20.1 Å². The third-order valence-electron chi connectivity index (χ3n) is 7.51. The van der Waals surface area contributed by atoms with E-state index in [1.54, 1.807) is 36.7 Å².